The van der Waals surface area contributed by atoms with E-state index in [2.05, 4.69) is 0 Å². The molecular weight excluding hydrogens is 246 g/mol. The minimum atomic E-state index is -0.978. The number of carboxylic acids is 1. The van der Waals surface area contributed by atoms with Gasteiger partial charge in [0.1, 0.15) is 11.6 Å². The number of carbonyl (C=O) groups is 2. The molecule has 2 atom stereocenters. The maximum Gasteiger partial charge on any atom is 0.410 e. The van der Waals surface area contributed by atoms with Crippen molar-refractivity contribution in [3.8, 4) is 0 Å². The Morgan fingerprint density at radius 2 is 2.00 bits per heavy atom. The van der Waals surface area contributed by atoms with Crippen LogP contribution in [0.4, 0.5) is 4.79 Å². The van der Waals surface area contributed by atoms with Crippen molar-refractivity contribution < 1.29 is 19.4 Å². The third-order valence-corrected chi connectivity index (χ3v) is 3.11. The molecule has 108 valence electrons. The lowest BCUT2D eigenvalue weighted by atomic mass is 9.87. The fourth-order valence-electron chi connectivity index (χ4n) is 2.23. The van der Waals surface area contributed by atoms with E-state index < -0.39 is 23.7 Å². The Morgan fingerprint density at radius 1 is 1.37 bits per heavy atom. The van der Waals surface area contributed by atoms with Gasteiger partial charge in [-0.05, 0) is 46.0 Å². The molecule has 0 saturated heterocycles. The second-order valence-electron chi connectivity index (χ2n) is 5.92. The zero-order valence-electron chi connectivity index (χ0n) is 12.0. The Hall–Kier alpha value is -1.52. The zero-order chi connectivity index (χ0) is 14.6. The van der Waals surface area contributed by atoms with Crippen LogP contribution in [0.25, 0.3) is 0 Å². The summed E-state index contributed by atoms with van der Waals surface area (Å²) in [7, 11) is 1.49. The molecule has 0 bridgehead atoms. The van der Waals surface area contributed by atoms with Crippen LogP contribution in [0.3, 0.4) is 0 Å². The van der Waals surface area contributed by atoms with E-state index in [-0.39, 0.29) is 5.92 Å². The molecule has 0 aliphatic heterocycles. The molecule has 0 aromatic rings. The predicted molar refractivity (Wildman–Crippen MR) is 71.9 cm³/mol. The normalized spacial score (nSPS) is 20.7. The minimum absolute atomic E-state index is 0.0555. The molecule has 0 heterocycles. The van der Waals surface area contributed by atoms with Crippen LogP contribution in [0.5, 0.6) is 0 Å². The van der Waals surface area contributed by atoms with Gasteiger partial charge >= 0.3 is 12.1 Å². The number of hydrogen-bond acceptors (Lipinski definition) is 3. The van der Waals surface area contributed by atoms with Crippen molar-refractivity contribution in [1.82, 2.24) is 4.90 Å². The molecule has 0 spiro atoms. The highest BCUT2D eigenvalue weighted by atomic mass is 16.6. The lowest BCUT2D eigenvalue weighted by molar-refractivity contribution is -0.144. The Bertz CT molecular complexity index is 370. The maximum absolute atomic E-state index is 12.0. The average molecular weight is 269 g/mol. The third-order valence-electron chi connectivity index (χ3n) is 3.11. The molecule has 1 aliphatic rings. The van der Waals surface area contributed by atoms with Gasteiger partial charge in [-0.1, -0.05) is 12.2 Å². The van der Waals surface area contributed by atoms with Gasteiger partial charge in [0.15, 0.2) is 0 Å². The van der Waals surface area contributed by atoms with Crippen LogP contribution < -0.4 is 0 Å². The predicted octanol–water partition coefficient (Wildman–Crippen LogP) is 2.66. The van der Waals surface area contributed by atoms with Gasteiger partial charge in [0.25, 0.3) is 0 Å². The van der Waals surface area contributed by atoms with Gasteiger partial charge in [0.2, 0.25) is 0 Å². The van der Waals surface area contributed by atoms with E-state index in [1.165, 1.54) is 11.9 Å². The molecule has 2 unspecified atom stereocenters. The van der Waals surface area contributed by atoms with E-state index >= 15 is 0 Å². The number of rotatable bonds is 3. The topological polar surface area (TPSA) is 66.8 Å². The summed E-state index contributed by atoms with van der Waals surface area (Å²) in [5.41, 5.74) is -0.624. The average Bonchev–Trinajstić information content (AvgIpc) is 2.27. The van der Waals surface area contributed by atoms with Crippen molar-refractivity contribution in [3.05, 3.63) is 12.2 Å². The molecule has 1 rings (SSSR count). The first-order chi connectivity index (χ1) is 8.72. The molecular formula is C14H23NO4. The number of carboxylic acid groups (broad SMARTS) is 1. The van der Waals surface area contributed by atoms with Gasteiger partial charge in [-0.2, -0.15) is 0 Å². The fraction of sp³-hybridized carbons (Fsp3) is 0.714. The quantitative estimate of drug-likeness (QED) is 0.800. The van der Waals surface area contributed by atoms with Gasteiger partial charge < -0.3 is 9.84 Å². The summed E-state index contributed by atoms with van der Waals surface area (Å²) in [6.45, 7) is 5.29. The van der Waals surface area contributed by atoms with E-state index in [4.69, 9.17) is 4.74 Å². The van der Waals surface area contributed by atoms with E-state index in [0.717, 1.165) is 12.8 Å². The highest BCUT2D eigenvalue weighted by Gasteiger charge is 2.36. The SMILES string of the molecule is CN(C(=O)OC(C)(C)C)C(C(=O)O)C1CC=CCC1. The molecule has 19 heavy (non-hydrogen) atoms. The lowest BCUT2D eigenvalue weighted by Gasteiger charge is -2.33. The number of carbonyl (C=O) groups excluding carboxylic acids is 1. The smallest absolute Gasteiger partial charge is 0.410 e. The number of likely N-dealkylation sites (N-methyl/N-ethyl adjacent to an activating group) is 1. The summed E-state index contributed by atoms with van der Waals surface area (Å²) in [5, 5.41) is 9.37. The van der Waals surface area contributed by atoms with Crippen molar-refractivity contribution in [2.24, 2.45) is 5.92 Å². The van der Waals surface area contributed by atoms with Gasteiger partial charge in [-0.3, -0.25) is 4.90 Å². The van der Waals surface area contributed by atoms with Gasteiger partial charge in [0, 0.05) is 7.05 Å². The van der Waals surface area contributed by atoms with E-state index in [1.807, 2.05) is 12.2 Å². The van der Waals surface area contributed by atoms with Crippen LogP contribution in [0, 0.1) is 5.92 Å². The number of allylic oxidation sites excluding steroid dienone is 2. The summed E-state index contributed by atoms with van der Waals surface area (Å²) in [6, 6.07) is -0.834. The molecule has 5 heteroatoms. The highest BCUT2D eigenvalue weighted by Crippen LogP contribution is 2.26. The Labute approximate surface area is 114 Å². The molecule has 1 amide bonds. The molecule has 1 N–H and O–H groups in total. The summed E-state index contributed by atoms with van der Waals surface area (Å²) in [4.78, 5) is 24.6. The van der Waals surface area contributed by atoms with E-state index in [1.54, 1.807) is 20.8 Å². The number of hydrogen-bond donors (Lipinski definition) is 1. The summed E-state index contributed by atoms with van der Waals surface area (Å²) < 4.78 is 5.23. The number of amides is 1. The monoisotopic (exact) mass is 269 g/mol. The molecule has 0 aromatic heterocycles. The molecule has 0 saturated carbocycles. The van der Waals surface area contributed by atoms with Crippen LogP contribution in [0.2, 0.25) is 0 Å². The first-order valence-corrected chi connectivity index (χ1v) is 6.56. The first kappa shape index (κ1) is 15.5. The number of aliphatic carboxylic acids is 1. The molecule has 0 radical (unpaired) electrons. The third kappa shape index (κ3) is 4.58. The van der Waals surface area contributed by atoms with Gasteiger partial charge in [-0.25, -0.2) is 9.59 Å². The second-order valence-corrected chi connectivity index (χ2v) is 5.92. The number of ether oxygens (including phenoxy) is 1. The van der Waals surface area contributed by atoms with Gasteiger partial charge in [-0.15, -0.1) is 0 Å². The summed E-state index contributed by atoms with van der Waals surface area (Å²) in [6.07, 6.45) is 5.76. The highest BCUT2D eigenvalue weighted by molar-refractivity contribution is 5.80. The Morgan fingerprint density at radius 3 is 2.42 bits per heavy atom. The lowest BCUT2D eigenvalue weighted by Crippen LogP contribution is -2.49. The van der Waals surface area contributed by atoms with E-state index in [9.17, 15) is 14.7 Å². The van der Waals surface area contributed by atoms with Crippen LogP contribution in [-0.2, 0) is 9.53 Å². The Balaban J connectivity index is 2.78. The Kier molecular flexibility index (Phi) is 4.97. The first-order valence-electron chi connectivity index (χ1n) is 6.56. The molecule has 0 aromatic carbocycles. The zero-order valence-corrected chi connectivity index (χ0v) is 12.0. The summed E-state index contributed by atoms with van der Waals surface area (Å²) >= 11 is 0. The summed E-state index contributed by atoms with van der Waals surface area (Å²) in [5.74, 6) is -1.03. The van der Waals surface area contributed by atoms with Crippen LogP contribution in [0.15, 0.2) is 12.2 Å². The van der Waals surface area contributed by atoms with Gasteiger partial charge in [0.05, 0.1) is 0 Å². The van der Waals surface area contributed by atoms with Crippen molar-refractivity contribution in [1.29, 1.82) is 0 Å². The van der Waals surface area contributed by atoms with Crippen molar-refractivity contribution in [3.63, 3.8) is 0 Å². The van der Waals surface area contributed by atoms with Crippen LogP contribution in [-0.4, -0.2) is 40.8 Å². The van der Waals surface area contributed by atoms with Crippen molar-refractivity contribution >= 4 is 12.1 Å². The standard InChI is InChI=1S/C14H23NO4/c1-14(2,3)19-13(18)15(4)11(12(16)17)10-8-6-5-7-9-10/h5-6,10-11H,7-9H2,1-4H3,(H,16,17). The second kappa shape index (κ2) is 6.08. The van der Waals surface area contributed by atoms with Crippen molar-refractivity contribution in [2.45, 2.75) is 51.7 Å². The van der Waals surface area contributed by atoms with E-state index in [0.29, 0.717) is 6.42 Å². The maximum atomic E-state index is 12.0. The van der Waals surface area contributed by atoms with Crippen LogP contribution in [0.1, 0.15) is 40.0 Å². The molecule has 1 aliphatic carbocycles. The molecule has 5 nitrogen and oxygen atoms in total. The number of nitrogens with zero attached hydrogens (tertiary/aromatic N) is 1. The minimum Gasteiger partial charge on any atom is -0.480 e. The fourth-order valence-corrected chi connectivity index (χ4v) is 2.23. The molecule has 0 fully saturated rings. The van der Waals surface area contributed by atoms with Crippen LogP contribution >= 0.6 is 0 Å². The van der Waals surface area contributed by atoms with Crippen molar-refractivity contribution in [2.75, 3.05) is 7.05 Å². The largest absolute Gasteiger partial charge is 0.480 e.